The van der Waals surface area contributed by atoms with Gasteiger partial charge in [-0.15, -0.1) is 0 Å². The van der Waals surface area contributed by atoms with E-state index in [0.717, 1.165) is 24.5 Å². The van der Waals surface area contributed by atoms with E-state index in [-0.39, 0.29) is 0 Å². The van der Waals surface area contributed by atoms with Gasteiger partial charge in [0.1, 0.15) is 0 Å². The number of aryl methyl sites for hydroxylation is 2. The topological polar surface area (TPSA) is 42.7 Å². The maximum absolute atomic E-state index is 4.43. The Labute approximate surface area is 121 Å². The number of nitrogens with zero attached hydrogens (tertiary/aromatic N) is 3. The van der Waals surface area contributed by atoms with Gasteiger partial charge in [-0.3, -0.25) is 4.98 Å². The molecule has 1 N–H and O–H groups in total. The number of hydrogen-bond acceptors (Lipinski definition) is 3. The van der Waals surface area contributed by atoms with Gasteiger partial charge in [-0.1, -0.05) is 13.8 Å². The van der Waals surface area contributed by atoms with Crippen molar-refractivity contribution in [1.29, 1.82) is 0 Å². The zero-order valence-electron chi connectivity index (χ0n) is 13.1. The van der Waals surface area contributed by atoms with Crippen LogP contribution in [0, 0.1) is 26.7 Å². The van der Waals surface area contributed by atoms with Crippen molar-refractivity contribution in [3.05, 3.63) is 41.2 Å². The fraction of sp³-hybridized carbons (Fsp3) is 0.500. The van der Waals surface area contributed by atoms with Gasteiger partial charge in [0.15, 0.2) is 0 Å². The van der Waals surface area contributed by atoms with Gasteiger partial charge in [0.25, 0.3) is 0 Å². The second-order valence-corrected chi connectivity index (χ2v) is 5.76. The van der Waals surface area contributed by atoms with Crippen molar-refractivity contribution >= 4 is 0 Å². The molecular weight excluding hydrogens is 248 g/mol. The zero-order valence-corrected chi connectivity index (χ0v) is 13.1. The molecule has 0 aromatic carbocycles. The third-order valence-corrected chi connectivity index (χ3v) is 3.48. The van der Waals surface area contributed by atoms with Crippen molar-refractivity contribution in [2.75, 3.05) is 6.54 Å². The maximum atomic E-state index is 4.43. The van der Waals surface area contributed by atoms with E-state index in [1.54, 1.807) is 0 Å². The van der Waals surface area contributed by atoms with E-state index in [9.17, 15) is 0 Å². The molecule has 108 valence electrons. The number of pyridine rings is 1. The Morgan fingerprint density at radius 1 is 1.20 bits per heavy atom. The first kappa shape index (κ1) is 14.7. The van der Waals surface area contributed by atoms with Crippen molar-refractivity contribution in [1.82, 2.24) is 19.9 Å². The molecule has 0 saturated heterocycles. The molecule has 0 fully saturated rings. The van der Waals surface area contributed by atoms with Crippen molar-refractivity contribution in [2.45, 2.75) is 41.2 Å². The summed E-state index contributed by atoms with van der Waals surface area (Å²) in [6.45, 7) is 12.4. The summed E-state index contributed by atoms with van der Waals surface area (Å²) < 4.78 is 2.15. The van der Waals surface area contributed by atoms with E-state index >= 15 is 0 Å². The number of imidazole rings is 1. The molecule has 4 nitrogen and oxygen atoms in total. The second kappa shape index (κ2) is 6.18. The summed E-state index contributed by atoms with van der Waals surface area (Å²) in [5.41, 5.74) is 5.66. The Morgan fingerprint density at radius 3 is 2.55 bits per heavy atom. The molecule has 0 aliphatic rings. The van der Waals surface area contributed by atoms with E-state index in [4.69, 9.17) is 0 Å². The summed E-state index contributed by atoms with van der Waals surface area (Å²) in [7, 11) is 0. The van der Waals surface area contributed by atoms with Crippen LogP contribution in [0.1, 0.15) is 36.5 Å². The molecule has 0 aliphatic heterocycles. The van der Waals surface area contributed by atoms with Crippen LogP contribution >= 0.6 is 0 Å². The predicted molar refractivity (Wildman–Crippen MR) is 82.1 cm³/mol. The van der Waals surface area contributed by atoms with Gasteiger partial charge in [0.05, 0.1) is 17.7 Å². The lowest BCUT2D eigenvalue weighted by Crippen LogP contribution is -2.20. The van der Waals surface area contributed by atoms with E-state index in [2.05, 4.69) is 46.7 Å². The fourth-order valence-corrected chi connectivity index (χ4v) is 2.17. The van der Waals surface area contributed by atoms with Crippen molar-refractivity contribution in [3.63, 3.8) is 0 Å². The highest BCUT2D eigenvalue weighted by Gasteiger charge is 2.10. The van der Waals surface area contributed by atoms with E-state index in [1.165, 1.54) is 16.9 Å². The average molecular weight is 272 g/mol. The first-order chi connectivity index (χ1) is 9.49. The van der Waals surface area contributed by atoms with Gasteiger partial charge in [0.2, 0.25) is 0 Å². The van der Waals surface area contributed by atoms with E-state index < -0.39 is 0 Å². The Balaban J connectivity index is 2.31. The molecule has 0 unspecified atom stereocenters. The minimum atomic E-state index is 0.647. The summed E-state index contributed by atoms with van der Waals surface area (Å²) in [6.07, 6.45) is 3.86. The normalized spacial score (nSPS) is 11.3. The summed E-state index contributed by atoms with van der Waals surface area (Å²) >= 11 is 0. The van der Waals surface area contributed by atoms with Crippen LogP contribution in [0.5, 0.6) is 0 Å². The summed E-state index contributed by atoms with van der Waals surface area (Å²) in [6, 6.07) is 2.13. The van der Waals surface area contributed by atoms with Crippen LogP contribution in [0.15, 0.2) is 18.6 Å². The fourth-order valence-electron chi connectivity index (χ4n) is 2.17. The first-order valence-corrected chi connectivity index (χ1v) is 7.16. The minimum Gasteiger partial charge on any atom is -0.312 e. The number of nitrogens with one attached hydrogen (secondary N) is 1. The molecule has 0 amide bonds. The molecular formula is C16H24N4. The van der Waals surface area contributed by atoms with Gasteiger partial charge in [-0.05, 0) is 39.3 Å². The highest BCUT2D eigenvalue weighted by atomic mass is 15.1. The van der Waals surface area contributed by atoms with Gasteiger partial charge >= 0.3 is 0 Å². The lowest BCUT2D eigenvalue weighted by molar-refractivity contribution is 0.551. The van der Waals surface area contributed by atoms with Gasteiger partial charge in [0, 0.05) is 29.7 Å². The van der Waals surface area contributed by atoms with Crippen molar-refractivity contribution in [3.8, 4) is 5.69 Å². The van der Waals surface area contributed by atoms with Crippen LogP contribution in [0.4, 0.5) is 0 Å². The van der Waals surface area contributed by atoms with E-state index in [1.807, 2.05) is 26.4 Å². The Morgan fingerprint density at radius 2 is 1.95 bits per heavy atom. The predicted octanol–water partition coefficient (Wildman–Crippen LogP) is 2.94. The smallest absolute Gasteiger partial charge is 0.0997 e. The van der Waals surface area contributed by atoms with Crippen LogP contribution in [0.25, 0.3) is 5.69 Å². The van der Waals surface area contributed by atoms with Crippen LogP contribution < -0.4 is 5.32 Å². The molecule has 20 heavy (non-hydrogen) atoms. The molecule has 0 bridgehead atoms. The maximum Gasteiger partial charge on any atom is 0.0997 e. The lowest BCUT2D eigenvalue weighted by Gasteiger charge is -2.14. The van der Waals surface area contributed by atoms with Crippen LogP contribution in [-0.2, 0) is 6.54 Å². The van der Waals surface area contributed by atoms with Gasteiger partial charge in [-0.2, -0.15) is 0 Å². The summed E-state index contributed by atoms with van der Waals surface area (Å²) in [5, 5.41) is 3.48. The van der Waals surface area contributed by atoms with Gasteiger partial charge in [-0.25, -0.2) is 4.98 Å². The van der Waals surface area contributed by atoms with Crippen LogP contribution in [0.2, 0.25) is 0 Å². The van der Waals surface area contributed by atoms with Crippen molar-refractivity contribution < 1.29 is 0 Å². The summed E-state index contributed by atoms with van der Waals surface area (Å²) in [4.78, 5) is 8.82. The standard InChI is InChI=1S/C16H24N4/c1-11(2)7-17-8-15-9-18-12(3)6-16(15)20-10-19-13(4)14(20)5/h6,9-11,17H,7-8H2,1-5H3. The molecule has 0 radical (unpaired) electrons. The molecule has 2 rings (SSSR count). The lowest BCUT2D eigenvalue weighted by atomic mass is 10.1. The molecule has 2 aromatic heterocycles. The largest absolute Gasteiger partial charge is 0.312 e. The molecule has 4 heteroatoms. The molecule has 2 aromatic rings. The first-order valence-electron chi connectivity index (χ1n) is 7.16. The molecule has 2 heterocycles. The number of hydrogen-bond donors (Lipinski definition) is 1. The summed E-state index contributed by atoms with van der Waals surface area (Å²) in [5.74, 6) is 0.647. The molecule has 0 atom stereocenters. The molecule has 0 aliphatic carbocycles. The zero-order chi connectivity index (χ0) is 14.7. The van der Waals surface area contributed by atoms with E-state index in [0.29, 0.717) is 5.92 Å². The monoisotopic (exact) mass is 272 g/mol. The Bertz CT molecular complexity index is 584. The SMILES string of the molecule is Cc1cc(-n2cnc(C)c2C)c(CNCC(C)C)cn1. The second-order valence-electron chi connectivity index (χ2n) is 5.76. The third-order valence-electron chi connectivity index (χ3n) is 3.48. The highest BCUT2D eigenvalue weighted by molar-refractivity contribution is 5.42. The quantitative estimate of drug-likeness (QED) is 0.910. The van der Waals surface area contributed by atoms with Gasteiger partial charge < -0.3 is 9.88 Å². The van der Waals surface area contributed by atoms with Crippen molar-refractivity contribution in [2.24, 2.45) is 5.92 Å². The highest BCUT2D eigenvalue weighted by Crippen LogP contribution is 2.18. The minimum absolute atomic E-state index is 0.647. The van der Waals surface area contributed by atoms with Crippen LogP contribution in [0.3, 0.4) is 0 Å². The Kier molecular flexibility index (Phi) is 4.55. The number of rotatable bonds is 5. The van der Waals surface area contributed by atoms with Crippen LogP contribution in [-0.4, -0.2) is 21.1 Å². The Hall–Kier alpha value is -1.68. The molecule has 0 saturated carbocycles. The molecule has 0 spiro atoms. The average Bonchev–Trinajstić information content (AvgIpc) is 2.71. The third kappa shape index (κ3) is 3.25. The number of aromatic nitrogens is 3.